The van der Waals surface area contributed by atoms with Gasteiger partial charge in [-0.2, -0.15) is 0 Å². The molecule has 0 bridgehead atoms. The fourth-order valence-corrected chi connectivity index (χ4v) is 4.06. The van der Waals surface area contributed by atoms with Gasteiger partial charge in [-0.15, -0.1) is 0 Å². The van der Waals surface area contributed by atoms with Gasteiger partial charge in [-0.1, -0.05) is 49.9 Å². The summed E-state index contributed by atoms with van der Waals surface area (Å²) in [5, 5.41) is 3.01. The van der Waals surface area contributed by atoms with Crippen molar-refractivity contribution in [1.29, 1.82) is 0 Å². The van der Waals surface area contributed by atoms with Gasteiger partial charge in [0.1, 0.15) is 5.75 Å². The first-order valence-electron chi connectivity index (χ1n) is 9.32. The van der Waals surface area contributed by atoms with Crippen LogP contribution in [0.1, 0.15) is 13.8 Å². The molecule has 0 aromatic heterocycles. The van der Waals surface area contributed by atoms with Gasteiger partial charge in [-0.25, -0.2) is 4.79 Å². The standard InChI is InChI=1S/C23H22N2O2S/c1-16(2)15-27-18-13-11-17(12-14-18)24-23(26)25-19-7-3-5-9-21(19)28-22-10-6-4-8-20(22)25/h3-14,16H,15H2,1-2H3,(H,24,26). The Morgan fingerprint density at radius 1 is 0.929 bits per heavy atom. The lowest BCUT2D eigenvalue weighted by Gasteiger charge is -2.31. The SMILES string of the molecule is CC(C)COc1ccc(NC(=O)N2c3ccccc3Sc3ccccc32)cc1. The Balaban J connectivity index is 1.57. The number of rotatable bonds is 4. The molecule has 4 rings (SSSR count). The highest BCUT2D eigenvalue weighted by atomic mass is 32.2. The van der Waals surface area contributed by atoms with Crippen molar-refractivity contribution < 1.29 is 9.53 Å². The third-order valence-corrected chi connectivity index (χ3v) is 5.45. The number of nitrogens with zero attached hydrogens (tertiary/aromatic N) is 1. The summed E-state index contributed by atoms with van der Waals surface area (Å²) < 4.78 is 5.71. The van der Waals surface area contributed by atoms with Gasteiger partial charge >= 0.3 is 6.03 Å². The molecule has 0 radical (unpaired) electrons. The molecule has 4 nitrogen and oxygen atoms in total. The molecule has 1 heterocycles. The van der Waals surface area contributed by atoms with Crippen molar-refractivity contribution in [3.63, 3.8) is 0 Å². The maximum absolute atomic E-state index is 13.2. The summed E-state index contributed by atoms with van der Waals surface area (Å²) in [6.07, 6.45) is 0. The lowest BCUT2D eigenvalue weighted by atomic mass is 10.2. The van der Waals surface area contributed by atoms with E-state index >= 15 is 0 Å². The van der Waals surface area contributed by atoms with Crippen LogP contribution in [0.5, 0.6) is 5.75 Å². The molecule has 2 amide bonds. The second-order valence-corrected chi connectivity index (χ2v) is 8.12. The first-order valence-corrected chi connectivity index (χ1v) is 10.1. The Morgan fingerprint density at radius 2 is 1.50 bits per heavy atom. The van der Waals surface area contributed by atoms with E-state index < -0.39 is 0 Å². The van der Waals surface area contributed by atoms with Crippen molar-refractivity contribution in [1.82, 2.24) is 0 Å². The van der Waals surface area contributed by atoms with Crippen LogP contribution in [0.4, 0.5) is 21.9 Å². The van der Waals surface area contributed by atoms with Crippen molar-refractivity contribution in [2.24, 2.45) is 5.92 Å². The van der Waals surface area contributed by atoms with E-state index in [1.165, 1.54) is 0 Å². The van der Waals surface area contributed by atoms with Crippen molar-refractivity contribution in [2.45, 2.75) is 23.6 Å². The normalized spacial score (nSPS) is 12.3. The summed E-state index contributed by atoms with van der Waals surface area (Å²) in [4.78, 5) is 17.0. The highest BCUT2D eigenvalue weighted by Gasteiger charge is 2.27. The van der Waals surface area contributed by atoms with Crippen LogP contribution in [-0.4, -0.2) is 12.6 Å². The molecule has 0 atom stereocenters. The minimum absolute atomic E-state index is 0.184. The first kappa shape index (κ1) is 18.4. The predicted molar refractivity (Wildman–Crippen MR) is 115 cm³/mol. The molecule has 0 fully saturated rings. The smallest absolute Gasteiger partial charge is 0.331 e. The minimum atomic E-state index is -0.184. The van der Waals surface area contributed by atoms with Crippen LogP contribution in [0.15, 0.2) is 82.6 Å². The molecule has 1 aliphatic rings. The van der Waals surface area contributed by atoms with Gasteiger partial charge in [-0.3, -0.25) is 4.90 Å². The Kier molecular flexibility index (Phi) is 5.26. The molecule has 0 unspecified atom stereocenters. The number of ether oxygens (including phenoxy) is 1. The van der Waals surface area contributed by atoms with Gasteiger partial charge in [0.25, 0.3) is 0 Å². The van der Waals surface area contributed by atoms with Crippen LogP contribution < -0.4 is 15.0 Å². The lowest BCUT2D eigenvalue weighted by molar-refractivity contribution is 0.258. The summed E-state index contributed by atoms with van der Waals surface area (Å²) >= 11 is 1.68. The van der Waals surface area contributed by atoms with Gasteiger partial charge in [0, 0.05) is 15.5 Å². The molecule has 3 aromatic rings. The topological polar surface area (TPSA) is 41.6 Å². The molecule has 142 valence electrons. The average molecular weight is 391 g/mol. The Hall–Kier alpha value is -2.92. The number of carbonyl (C=O) groups is 1. The molecule has 0 aliphatic carbocycles. The maximum Gasteiger partial charge on any atom is 0.331 e. The molecule has 0 saturated heterocycles. The van der Waals surface area contributed by atoms with E-state index in [4.69, 9.17) is 4.74 Å². The Bertz CT molecular complexity index is 940. The van der Waals surface area contributed by atoms with Gasteiger partial charge in [-0.05, 0) is 54.4 Å². The van der Waals surface area contributed by atoms with E-state index in [2.05, 4.69) is 19.2 Å². The fraction of sp³-hybridized carbons (Fsp3) is 0.174. The number of benzene rings is 3. The number of hydrogen-bond donors (Lipinski definition) is 1. The second kappa shape index (κ2) is 7.98. The average Bonchev–Trinajstić information content (AvgIpc) is 2.71. The molecule has 28 heavy (non-hydrogen) atoms. The van der Waals surface area contributed by atoms with E-state index in [1.807, 2.05) is 72.8 Å². The number of fused-ring (bicyclic) bond motifs is 2. The minimum Gasteiger partial charge on any atom is -0.493 e. The summed E-state index contributed by atoms with van der Waals surface area (Å²) in [7, 11) is 0. The van der Waals surface area contributed by atoms with Gasteiger partial charge in [0.2, 0.25) is 0 Å². The van der Waals surface area contributed by atoms with Crippen LogP contribution in [0.2, 0.25) is 0 Å². The number of para-hydroxylation sites is 2. The molecular formula is C23H22N2O2S. The van der Waals surface area contributed by atoms with Crippen LogP contribution in [0, 0.1) is 5.92 Å². The number of hydrogen-bond acceptors (Lipinski definition) is 3. The quantitative estimate of drug-likeness (QED) is 0.549. The number of amides is 2. The predicted octanol–water partition coefficient (Wildman–Crippen LogP) is 6.56. The van der Waals surface area contributed by atoms with E-state index in [0.29, 0.717) is 12.5 Å². The zero-order valence-corrected chi connectivity index (χ0v) is 16.7. The third-order valence-electron chi connectivity index (χ3n) is 4.32. The summed E-state index contributed by atoms with van der Waals surface area (Å²) in [6, 6.07) is 23.2. The molecular weight excluding hydrogens is 368 g/mol. The van der Waals surface area contributed by atoms with Crippen LogP contribution in [-0.2, 0) is 0 Å². The van der Waals surface area contributed by atoms with Crippen molar-refractivity contribution in [2.75, 3.05) is 16.8 Å². The summed E-state index contributed by atoms with van der Waals surface area (Å²) in [6.45, 7) is 4.90. The van der Waals surface area contributed by atoms with Gasteiger partial charge < -0.3 is 10.1 Å². The second-order valence-electron chi connectivity index (χ2n) is 7.03. The summed E-state index contributed by atoms with van der Waals surface area (Å²) in [5.74, 6) is 1.27. The van der Waals surface area contributed by atoms with Gasteiger partial charge in [0.15, 0.2) is 0 Å². The zero-order chi connectivity index (χ0) is 19.5. The van der Waals surface area contributed by atoms with E-state index in [1.54, 1.807) is 16.7 Å². The third kappa shape index (κ3) is 3.85. The molecule has 0 saturated carbocycles. The lowest BCUT2D eigenvalue weighted by Crippen LogP contribution is -2.32. The van der Waals surface area contributed by atoms with E-state index in [-0.39, 0.29) is 6.03 Å². The van der Waals surface area contributed by atoms with Crippen molar-refractivity contribution >= 4 is 34.9 Å². The van der Waals surface area contributed by atoms with Crippen LogP contribution in [0.3, 0.4) is 0 Å². The molecule has 3 aromatic carbocycles. The maximum atomic E-state index is 13.2. The molecule has 1 aliphatic heterocycles. The van der Waals surface area contributed by atoms with Crippen LogP contribution in [0.25, 0.3) is 0 Å². The monoisotopic (exact) mass is 390 g/mol. The van der Waals surface area contributed by atoms with E-state index in [9.17, 15) is 4.79 Å². The highest BCUT2D eigenvalue weighted by Crippen LogP contribution is 2.48. The van der Waals surface area contributed by atoms with Crippen molar-refractivity contribution in [3.05, 3.63) is 72.8 Å². The Labute approximate surface area is 169 Å². The van der Waals surface area contributed by atoms with Crippen LogP contribution >= 0.6 is 11.8 Å². The summed E-state index contributed by atoms with van der Waals surface area (Å²) in [5.41, 5.74) is 2.51. The van der Waals surface area contributed by atoms with Crippen molar-refractivity contribution in [3.8, 4) is 5.75 Å². The fourth-order valence-electron chi connectivity index (χ4n) is 3.00. The van der Waals surface area contributed by atoms with E-state index in [0.717, 1.165) is 32.6 Å². The number of urea groups is 1. The number of carbonyl (C=O) groups excluding carboxylic acids is 1. The molecule has 0 spiro atoms. The zero-order valence-electron chi connectivity index (χ0n) is 15.9. The largest absolute Gasteiger partial charge is 0.493 e. The first-order chi connectivity index (χ1) is 13.6. The Morgan fingerprint density at radius 3 is 2.07 bits per heavy atom. The van der Waals surface area contributed by atoms with Gasteiger partial charge in [0.05, 0.1) is 18.0 Å². The number of anilines is 3. The highest BCUT2D eigenvalue weighted by molar-refractivity contribution is 7.99. The molecule has 5 heteroatoms. The number of nitrogens with one attached hydrogen (secondary N) is 1. The molecule has 1 N–H and O–H groups in total.